The van der Waals surface area contributed by atoms with E-state index < -0.39 is 0 Å². The van der Waals surface area contributed by atoms with Crippen LogP contribution in [0.5, 0.6) is 0 Å². The van der Waals surface area contributed by atoms with E-state index in [-0.39, 0.29) is 5.41 Å². The molecule has 4 heteroatoms. The van der Waals surface area contributed by atoms with Gasteiger partial charge in [0.15, 0.2) is 5.78 Å². The molecule has 4 aliphatic rings. The number of nitriles is 1. The van der Waals surface area contributed by atoms with E-state index >= 15 is 0 Å². The summed E-state index contributed by atoms with van der Waals surface area (Å²) in [4.78, 5) is 19.8. The normalized spacial score (nSPS) is 25.6. The molecular formula is C39H45N3O. The first-order valence-corrected chi connectivity index (χ1v) is 16.5. The number of nitrogens with zero attached hydrogens (tertiary/aromatic N) is 3. The Labute approximate surface area is 257 Å². The molecule has 6 rings (SSSR count). The lowest BCUT2D eigenvalue weighted by atomic mass is 9.67. The monoisotopic (exact) mass is 571 g/mol. The average Bonchev–Trinajstić information content (AvgIpc) is 3.88. The smallest absolute Gasteiger partial charge is 0.161 e. The Morgan fingerprint density at radius 1 is 1.05 bits per heavy atom. The summed E-state index contributed by atoms with van der Waals surface area (Å²) in [5, 5.41) is 10.3. The molecule has 0 atom stereocenters. The predicted octanol–water partition coefficient (Wildman–Crippen LogP) is 8.83. The summed E-state index contributed by atoms with van der Waals surface area (Å²) in [7, 11) is 0. The van der Waals surface area contributed by atoms with E-state index in [1.54, 1.807) is 0 Å². The van der Waals surface area contributed by atoms with E-state index in [9.17, 15) is 10.1 Å². The fourth-order valence-corrected chi connectivity index (χ4v) is 7.06. The third kappa shape index (κ3) is 6.62. The number of hydrogen-bond donors (Lipinski definition) is 0. The molecule has 0 unspecified atom stereocenters. The topological polar surface area (TPSA) is 56.5 Å². The summed E-state index contributed by atoms with van der Waals surface area (Å²) in [6, 6.07) is 18.3. The molecule has 4 nitrogen and oxygen atoms in total. The van der Waals surface area contributed by atoms with Gasteiger partial charge in [-0.15, -0.1) is 0 Å². The quantitative estimate of drug-likeness (QED) is 0.312. The second-order valence-electron chi connectivity index (χ2n) is 13.4. The maximum Gasteiger partial charge on any atom is 0.161 e. The number of carbonyl (C=O) groups is 1. The van der Waals surface area contributed by atoms with Gasteiger partial charge in [-0.2, -0.15) is 5.26 Å². The molecule has 0 N–H and O–H groups in total. The average molecular weight is 572 g/mol. The number of rotatable bonds is 7. The van der Waals surface area contributed by atoms with Crippen LogP contribution < -0.4 is 0 Å². The maximum atomic E-state index is 12.7. The number of benzene rings is 2. The van der Waals surface area contributed by atoms with Crippen LogP contribution in [0.4, 0.5) is 0 Å². The molecule has 2 saturated carbocycles. The highest BCUT2D eigenvalue weighted by atomic mass is 16.1. The molecule has 2 fully saturated rings. The summed E-state index contributed by atoms with van der Waals surface area (Å²) >= 11 is 0. The second-order valence-corrected chi connectivity index (χ2v) is 13.4. The lowest BCUT2D eigenvalue weighted by Gasteiger charge is -2.34. The van der Waals surface area contributed by atoms with Crippen molar-refractivity contribution < 1.29 is 4.79 Å². The first kappa shape index (κ1) is 29.4. The Balaban J connectivity index is 1.19. The predicted molar refractivity (Wildman–Crippen MR) is 177 cm³/mol. The molecule has 43 heavy (non-hydrogen) atoms. The Morgan fingerprint density at radius 2 is 1.81 bits per heavy atom. The Kier molecular flexibility index (Phi) is 8.80. The molecule has 0 saturated heterocycles. The second kappa shape index (κ2) is 12.9. The van der Waals surface area contributed by atoms with Crippen molar-refractivity contribution in [1.29, 1.82) is 5.26 Å². The van der Waals surface area contributed by atoms with Gasteiger partial charge in [0, 0.05) is 36.5 Å². The SMILES string of the molecule is CC(C)/C=C/C1CCC(C#N)(c2ccc(-c3ccc4c(c3)C(N3CC/C=C(\C(=O)C5CC5)CCC3)=CC=NC4)cc2)CC1. The summed E-state index contributed by atoms with van der Waals surface area (Å²) in [5.74, 6) is 1.87. The van der Waals surface area contributed by atoms with Gasteiger partial charge in [-0.3, -0.25) is 9.79 Å². The summed E-state index contributed by atoms with van der Waals surface area (Å²) < 4.78 is 0. The third-order valence-electron chi connectivity index (χ3n) is 9.89. The Hall–Kier alpha value is -3.71. The summed E-state index contributed by atoms with van der Waals surface area (Å²) in [6.45, 7) is 6.97. The first-order chi connectivity index (χ1) is 21.0. The van der Waals surface area contributed by atoms with Gasteiger partial charge in [-0.1, -0.05) is 68.5 Å². The number of fused-ring (bicyclic) bond motifs is 1. The molecule has 0 bridgehead atoms. The fraction of sp³-hybridized carbons (Fsp3) is 0.462. The van der Waals surface area contributed by atoms with Gasteiger partial charge in [-0.05, 0) is 110 Å². The molecule has 0 aromatic heterocycles. The molecule has 0 amide bonds. The van der Waals surface area contributed by atoms with Crippen molar-refractivity contribution >= 4 is 17.7 Å². The van der Waals surface area contributed by atoms with E-state index in [0.717, 1.165) is 82.0 Å². The van der Waals surface area contributed by atoms with Crippen molar-refractivity contribution in [3.63, 3.8) is 0 Å². The van der Waals surface area contributed by atoms with E-state index in [2.05, 4.69) is 96.6 Å². The third-order valence-corrected chi connectivity index (χ3v) is 9.89. The zero-order valence-electron chi connectivity index (χ0n) is 25.9. The highest BCUT2D eigenvalue weighted by molar-refractivity contribution is 5.98. The van der Waals surface area contributed by atoms with Crippen LogP contribution in [-0.4, -0.2) is 30.0 Å². The number of allylic oxidation sites excluding steroid dienone is 4. The summed E-state index contributed by atoms with van der Waals surface area (Å²) in [5.41, 5.74) is 7.93. The van der Waals surface area contributed by atoms with Crippen molar-refractivity contribution in [1.82, 2.24) is 4.90 Å². The fourth-order valence-electron chi connectivity index (χ4n) is 7.06. The van der Waals surface area contributed by atoms with Crippen molar-refractivity contribution in [3.8, 4) is 17.2 Å². The highest BCUT2D eigenvalue weighted by Gasteiger charge is 2.36. The van der Waals surface area contributed by atoms with Crippen LogP contribution in [0.3, 0.4) is 0 Å². The largest absolute Gasteiger partial charge is 0.371 e. The number of Topliss-reactive ketones (excluding diaryl/α,β-unsaturated/α-hetero) is 1. The first-order valence-electron chi connectivity index (χ1n) is 16.5. The Morgan fingerprint density at radius 3 is 2.53 bits per heavy atom. The van der Waals surface area contributed by atoms with Crippen molar-refractivity contribution in [2.24, 2.45) is 22.7 Å². The van der Waals surface area contributed by atoms with Gasteiger partial charge in [0.05, 0.1) is 18.0 Å². The maximum absolute atomic E-state index is 12.7. The summed E-state index contributed by atoms with van der Waals surface area (Å²) in [6.07, 6.45) is 19.9. The lowest BCUT2D eigenvalue weighted by molar-refractivity contribution is -0.116. The minimum atomic E-state index is -0.384. The van der Waals surface area contributed by atoms with Gasteiger partial charge in [-0.25, -0.2) is 0 Å². The Bertz CT molecular complexity index is 1490. The van der Waals surface area contributed by atoms with Gasteiger partial charge in [0.2, 0.25) is 0 Å². The van der Waals surface area contributed by atoms with E-state index in [1.807, 2.05) is 6.21 Å². The number of ketones is 1. The minimum absolute atomic E-state index is 0.305. The molecule has 222 valence electrons. The lowest BCUT2D eigenvalue weighted by Crippen LogP contribution is -2.29. The van der Waals surface area contributed by atoms with Crippen LogP contribution in [0.2, 0.25) is 0 Å². The van der Waals surface area contributed by atoms with Crippen LogP contribution in [0, 0.1) is 29.1 Å². The molecule has 2 aliphatic carbocycles. The molecule has 2 aliphatic heterocycles. The van der Waals surface area contributed by atoms with Crippen LogP contribution in [-0.2, 0) is 16.8 Å². The number of carbonyl (C=O) groups excluding carboxylic acids is 1. The van der Waals surface area contributed by atoms with E-state index in [4.69, 9.17) is 0 Å². The number of hydrogen-bond acceptors (Lipinski definition) is 4. The molecule has 2 heterocycles. The molecule has 2 aromatic carbocycles. The van der Waals surface area contributed by atoms with Gasteiger partial charge < -0.3 is 4.90 Å². The highest BCUT2D eigenvalue weighted by Crippen LogP contribution is 2.42. The van der Waals surface area contributed by atoms with E-state index in [0.29, 0.717) is 30.1 Å². The minimum Gasteiger partial charge on any atom is -0.371 e. The van der Waals surface area contributed by atoms with Crippen molar-refractivity contribution in [2.75, 3.05) is 13.1 Å². The van der Waals surface area contributed by atoms with Crippen molar-refractivity contribution in [2.45, 2.75) is 83.6 Å². The molecule has 0 radical (unpaired) electrons. The zero-order chi connectivity index (χ0) is 29.8. The van der Waals surface area contributed by atoms with Crippen LogP contribution in [0.25, 0.3) is 16.8 Å². The number of aliphatic imine (C=N–C) groups is 1. The van der Waals surface area contributed by atoms with Crippen LogP contribution >= 0.6 is 0 Å². The van der Waals surface area contributed by atoms with Gasteiger partial charge in [0.25, 0.3) is 0 Å². The standard InChI is InChI=1S/C39H45N3O/c1-28(2)7-8-29-17-20-39(27-40,21-18-29)35-15-13-30(14-16-35)33-11-12-34-26-41-22-19-37(36(34)25-33)42-23-3-5-31(6-4-24-42)38(43)32-9-10-32/h5,7-8,11-16,19,22,25,28-29,32H,3-4,6,9-10,17-18,20-21,23-24,26H2,1-2H3/b8-7+,31-5-. The van der Waals surface area contributed by atoms with Gasteiger partial charge >= 0.3 is 0 Å². The van der Waals surface area contributed by atoms with Crippen LogP contribution in [0.1, 0.15) is 88.3 Å². The van der Waals surface area contributed by atoms with Crippen molar-refractivity contribution in [3.05, 3.63) is 89.0 Å². The molecule has 0 spiro atoms. The van der Waals surface area contributed by atoms with Gasteiger partial charge in [0.1, 0.15) is 0 Å². The zero-order valence-corrected chi connectivity index (χ0v) is 25.9. The van der Waals surface area contributed by atoms with Crippen LogP contribution in [0.15, 0.2) is 77.3 Å². The molecule has 2 aromatic rings. The molecular weight excluding hydrogens is 526 g/mol. The van der Waals surface area contributed by atoms with E-state index in [1.165, 1.54) is 28.0 Å².